The molecule has 0 amide bonds. The minimum absolute atomic E-state index is 0.0329. The van der Waals surface area contributed by atoms with E-state index in [9.17, 15) is 18.5 Å². The predicted octanol–water partition coefficient (Wildman–Crippen LogP) is 3.15. The van der Waals surface area contributed by atoms with E-state index in [0.29, 0.717) is 17.1 Å². The summed E-state index contributed by atoms with van der Waals surface area (Å²) >= 11 is 0. The number of benzene rings is 2. The molecule has 0 bridgehead atoms. The molecule has 0 aliphatic carbocycles. The molecule has 0 aliphatic rings. The van der Waals surface area contributed by atoms with Crippen molar-refractivity contribution in [2.75, 3.05) is 0 Å². The molecule has 27 heavy (non-hydrogen) atoms. The van der Waals surface area contributed by atoms with Crippen molar-refractivity contribution in [3.63, 3.8) is 0 Å². The van der Waals surface area contributed by atoms with Crippen molar-refractivity contribution >= 4 is 15.7 Å². The number of nitro groups is 1. The number of nitrogens with zero attached hydrogens (tertiary/aromatic N) is 1. The second-order valence-corrected chi connectivity index (χ2v) is 7.53. The van der Waals surface area contributed by atoms with Gasteiger partial charge in [0.15, 0.2) is 0 Å². The molecule has 0 fully saturated rings. The van der Waals surface area contributed by atoms with Crippen molar-refractivity contribution in [3.05, 3.63) is 82.1 Å². The quantitative estimate of drug-likeness (QED) is 0.475. The Morgan fingerprint density at radius 2 is 1.81 bits per heavy atom. The van der Waals surface area contributed by atoms with Gasteiger partial charge in [0.25, 0.3) is 15.7 Å². The number of furan rings is 1. The Balaban J connectivity index is 1.64. The van der Waals surface area contributed by atoms with Gasteiger partial charge in [-0.3, -0.25) is 10.1 Å². The molecule has 0 atom stereocenters. The molecule has 2 N–H and O–H groups in total. The molecule has 1 aromatic heterocycles. The van der Waals surface area contributed by atoms with Crippen molar-refractivity contribution in [1.29, 1.82) is 0 Å². The first kappa shape index (κ1) is 18.8. The molecule has 9 heteroatoms. The summed E-state index contributed by atoms with van der Waals surface area (Å²) in [5.41, 5.74) is 4.11. The van der Waals surface area contributed by atoms with Crippen LogP contribution >= 0.6 is 0 Å². The van der Waals surface area contributed by atoms with Gasteiger partial charge in [-0.1, -0.05) is 29.8 Å². The molecule has 0 radical (unpaired) electrons. The zero-order chi connectivity index (χ0) is 19.4. The van der Waals surface area contributed by atoms with Crippen molar-refractivity contribution < 1.29 is 17.8 Å². The van der Waals surface area contributed by atoms with Crippen LogP contribution in [0.1, 0.15) is 11.3 Å². The van der Waals surface area contributed by atoms with Gasteiger partial charge in [0.2, 0.25) is 0 Å². The Labute approximate surface area is 156 Å². The van der Waals surface area contributed by atoms with Gasteiger partial charge in [0, 0.05) is 17.7 Å². The lowest BCUT2D eigenvalue weighted by atomic mass is 10.1. The van der Waals surface area contributed by atoms with E-state index in [4.69, 9.17) is 4.42 Å². The lowest BCUT2D eigenvalue weighted by Gasteiger charge is -2.07. The van der Waals surface area contributed by atoms with Crippen molar-refractivity contribution in [2.24, 2.45) is 0 Å². The van der Waals surface area contributed by atoms with E-state index in [1.54, 1.807) is 36.4 Å². The minimum atomic E-state index is -3.69. The summed E-state index contributed by atoms with van der Waals surface area (Å²) < 4.78 is 30.0. The van der Waals surface area contributed by atoms with Crippen LogP contribution in [0.5, 0.6) is 0 Å². The summed E-state index contributed by atoms with van der Waals surface area (Å²) in [4.78, 5) is 12.8. The van der Waals surface area contributed by atoms with Crippen LogP contribution in [0.2, 0.25) is 0 Å². The number of non-ortho nitro benzene ring substituents is 1. The van der Waals surface area contributed by atoms with Crippen LogP contribution in [0.4, 0.5) is 5.69 Å². The van der Waals surface area contributed by atoms with Crippen LogP contribution in [-0.2, 0) is 16.6 Å². The standard InChI is InChI=1S/C18H17N3O5S/c1-13-5-8-17(9-6-13)27(24,25)20-19-12-16-7-10-18(26-16)14-3-2-4-15(11-14)21(22)23/h2-11,19-20H,12H2,1H3. The highest BCUT2D eigenvalue weighted by Crippen LogP contribution is 2.25. The summed E-state index contributed by atoms with van der Waals surface area (Å²) in [5.74, 6) is 0.931. The first-order chi connectivity index (χ1) is 12.8. The van der Waals surface area contributed by atoms with Gasteiger partial charge in [0.05, 0.1) is 16.4 Å². The van der Waals surface area contributed by atoms with E-state index in [1.165, 1.54) is 24.3 Å². The van der Waals surface area contributed by atoms with Crippen LogP contribution < -0.4 is 10.3 Å². The average molecular weight is 387 g/mol. The smallest absolute Gasteiger partial charge is 0.270 e. The van der Waals surface area contributed by atoms with Gasteiger partial charge in [0.1, 0.15) is 11.5 Å². The van der Waals surface area contributed by atoms with Crippen LogP contribution in [-0.4, -0.2) is 13.3 Å². The van der Waals surface area contributed by atoms with E-state index >= 15 is 0 Å². The second-order valence-electron chi connectivity index (χ2n) is 5.85. The zero-order valence-electron chi connectivity index (χ0n) is 14.4. The maximum absolute atomic E-state index is 12.2. The average Bonchev–Trinajstić information content (AvgIpc) is 3.11. The van der Waals surface area contributed by atoms with E-state index in [1.807, 2.05) is 6.92 Å². The SMILES string of the molecule is Cc1ccc(S(=O)(=O)NNCc2ccc(-c3cccc([N+](=O)[O-])c3)o2)cc1. The zero-order valence-corrected chi connectivity index (χ0v) is 15.2. The molecule has 0 unspecified atom stereocenters. The Bertz CT molecular complexity index is 1060. The second kappa shape index (κ2) is 7.70. The molecule has 8 nitrogen and oxygen atoms in total. The molecule has 0 spiro atoms. The number of nitro benzene ring substituents is 1. The van der Waals surface area contributed by atoms with Gasteiger partial charge in [-0.15, -0.1) is 4.83 Å². The molecule has 0 saturated heterocycles. The molecule has 1 heterocycles. The van der Waals surface area contributed by atoms with E-state index in [-0.39, 0.29) is 17.1 Å². The molecule has 140 valence electrons. The van der Waals surface area contributed by atoms with E-state index < -0.39 is 14.9 Å². The van der Waals surface area contributed by atoms with Crippen LogP contribution in [0.3, 0.4) is 0 Å². The molecule has 2 aromatic carbocycles. The van der Waals surface area contributed by atoms with Crippen LogP contribution in [0.15, 0.2) is 70.0 Å². The van der Waals surface area contributed by atoms with Gasteiger partial charge in [-0.2, -0.15) is 0 Å². The largest absolute Gasteiger partial charge is 0.460 e. The van der Waals surface area contributed by atoms with Gasteiger partial charge < -0.3 is 4.42 Å². The van der Waals surface area contributed by atoms with Gasteiger partial charge in [-0.05, 0) is 31.2 Å². The monoisotopic (exact) mass is 387 g/mol. The van der Waals surface area contributed by atoms with E-state index in [0.717, 1.165) is 5.56 Å². The molecular formula is C18H17N3O5S. The lowest BCUT2D eigenvalue weighted by molar-refractivity contribution is -0.384. The summed E-state index contributed by atoms with van der Waals surface area (Å²) in [5, 5.41) is 10.9. The molecule has 3 aromatic rings. The molecular weight excluding hydrogens is 370 g/mol. The number of hydrazine groups is 1. The van der Waals surface area contributed by atoms with Crippen molar-refractivity contribution in [3.8, 4) is 11.3 Å². The first-order valence-corrected chi connectivity index (χ1v) is 9.48. The normalized spacial score (nSPS) is 11.4. The van der Waals surface area contributed by atoms with Crippen LogP contribution in [0, 0.1) is 17.0 Å². The van der Waals surface area contributed by atoms with Crippen molar-refractivity contribution in [1.82, 2.24) is 10.3 Å². The highest BCUT2D eigenvalue weighted by molar-refractivity contribution is 7.89. The predicted molar refractivity (Wildman–Crippen MR) is 99.1 cm³/mol. The summed E-state index contributed by atoms with van der Waals surface area (Å²) in [6.07, 6.45) is 0. The summed E-state index contributed by atoms with van der Waals surface area (Å²) in [6, 6.07) is 15.9. The van der Waals surface area contributed by atoms with Gasteiger partial charge >= 0.3 is 0 Å². The first-order valence-electron chi connectivity index (χ1n) is 8.00. The molecule has 0 aliphatic heterocycles. The fraction of sp³-hybridized carbons (Fsp3) is 0.111. The number of hydrogen-bond donors (Lipinski definition) is 2. The number of aryl methyl sites for hydroxylation is 1. The van der Waals surface area contributed by atoms with Crippen molar-refractivity contribution in [2.45, 2.75) is 18.4 Å². The number of sulfonamides is 1. The highest BCUT2D eigenvalue weighted by atomic mass is 32.2. The topological polar surface area (TPSA) is 114 Å². The molecule has 0 saturated carbocycles. The van der Waals surface area contributed by atoms with Crippen LogP contribution in [0.25, 0.3) is 11.3 Å². The van der Waals surface area contributed by atoms with E-state index in [2.05, 4.69) is 10.3 Å². The van der Waals surface area contributed by atoms with Gasteiger partial charge in [-0.25, -0.2) is 13.8 Å². The third-order valence-electron chi connectivity index (χ3n) is 3.80. The Hall–Kier alpha value is -3.01. The Morgan fingerprint density at radius 3 is 2.52 bits per heavy atom. The fourth-order valence-electron chi connectivity index (χ4n) is 2.40. The maximum atomic E-state index is 12.2. The summed E-state index contributed by atoms with van der Waals surface area (Å²) in [7, 11) is -3.69. The highest BCUT2D eigenvalue weighted by Gasteiger charge is 2.14. The minimum Gasteiger partial charge on any atom is -0.460 e. The Kier molecular flexibility index (Phi) is 5.36. The lowest BCUT2D eigenvalue weighted by Crippen LogP contribution is -2.36. The summed E-state index contributed by atoms with van der Waals surface area (Å²) in [6.45, 7) is 1.98. The number of nitrogens with one attached hydrogen (secondary N) is 2. The number of rotatable bonds is 7. The fourth-order valence-corrected chi connectivity index (χ4v) is 3.27. The maximum Gasteiger partial charge on any atom is 0.270 e. The number of hydrogen-bond acceptors (Lipinski definition) is 6. The Morgan fingerprint density at radius 1 is 1.07 bits per heavy atom. The third kappa shape index (κ3) is 4.59. The molecule has 3 rings (SSSR count). The third-order valence-corrected chi connectivity index (χ3v) is 5.11.